The van der Waals surface area contributed by atoms with Crippen molar-refractivity contribution in [2.75, 3.05) is 33.0 Å². The first-order valence-corrected chi connectivity index (χ1v) is 15.6. The van der Waals surface area contributed by atoms with E-state index in [9.17, 15) is 0 Å². The van der Waals surface area contributed by atoms with Gasteiger partial charge in [0.25, 0.3) is 0 Å². The molecule has 0 bridgehead atoms. The predicted molar refractivity (Wildman–Crippen MR) is 175 cm³/mol. The molecule has 45 heavy (non-hydrogen) atoms. The fourth-order valence-corrected chi connectivity index (χ4v) is 6.66. The molecule has 2 aromatic heterocycles. The topological polar surface area (TPSA) is 88.6 Å². The summed E-state index contributed by atoms with van der Waals surface area (Å²) in [6, 6.07) is 15.6. The summed E-state index contributed by atoms with van der Waals surface area (Å²) in [5.41, 5.74) is 3.27. The zero-order valence-electron chi connectivity index (χ0n) is 27.4. The molecule has 5 rings (SSSR count). The molecule has 10 heteroatoms. The standard InChI is InChI=1S/C35H45FN6O3/c1-8-34(3)18-26(19-35(4,9-2)42(34)22-24-10-12-27(44-7)13-11-24)41(5)33-15-14-31(39-40-33)29-16-30(36)28(25-20-37-38-21-25)17-32(29)45-23-43-6/h10-17,20-21,26H,8-9,18-19,22-23H2,1-7H3,(H,37,38)/t26-,34-,35+. The van der Waals surface area contributed by atoms with Crippen LogP contribution < -0.4 is 14.4 Å². The van der Waals surface area contributed by atoms with Gasteiger partial charge < -0.3 is 19.1 Å². The fourth-order valence-electron chi connectivity index (χ4n) is 6.66. The van der Waals surface area contributed by atoms with Crippen LogP contribution in [-0.4, -0.2) is 70.5 Å². The van der Waals surface area contributed by atoms with Gasteiger partial charge in [0.15, 0.2) is 12.6 Å². The monoisotopic (exact) mass is 616 g/mol. The van der Waals surface area contributed by atoms with Gasteiger partial charge in [-0.2, -0.15) is 5.10 Å². The van der Waals surface area contributed by atoms with Crippen molar-refractivity contribution < 1.29 is 18.6 Å². The Hall–Kier alpha value is -4.02. The Labute approximate surface area is 265 Å². The molecule has 1 fully saturated rings. The van der Waals surface area contributed by atoms with Crippen molar-refractivity contribution in [3.63, 3.8) is 0 Å². The summed E-state index contributed by atoms with van der Waals surface area (Å²) < 4.78 is 31.6. The highest BCUT2D eigenvalue weighted by Crippen LogP contribution is 2.45. The van der Waals surface area contributed by atoms with Gasteiger partial charge in [-0.05, 0) is 81.5 Å². The Morgan fingerprint density at radius 1 is 0.978 bits per heavy atom. The minimum absolute atomic E-state index is 0.0151. The second kappa shape index (κ2) is 13.5. The van der Waals surface area contributed by atoms with Gasteiger partial charge in [0.2, 0.25) is 0 Å². The lowest BCUT2D eigenvalue weighted by Crippen LogP contribution is -2.65. The number of aromatic amines is 1. The number of hydrogen-bond donors (Lipinski definition) is 1. The molecular weight excluding hydrogens is 571 g/mol. The van der Waals surface area contributed by atoms with E-state index in [1.54, 1.807) is 32.7 Å². The molecule has 1 saturated heterocycles. The van der Waals surface area contributed by atoms with Gasteiger partial charge in [0.05, 0.1) is 19.0 Å². The maximum Gasteiger partial charge on any atom is 0.188 e. The SMILES string of the molecule is CC[C@@]1(C)C[C@H](N(C)c2ccc(-c3cc(F)c(-c4cn[nH]c4)cc3OCOC)nn2)C[C@@](C)(CC)N1Cc1ccc(OC)cc1. The number of rotatable bonds is 12. The van der Waals surface area contributed by atoms with E-state index in [-0.39, 0.29) is 23.9 Å². The number of piperidine rings is 1. The van der Waals surface area contributed by atoms with E-state index < -0.39 is 5.82 Å². The van der Waals surface area contributed by atoms with Gasteiger partial charge in [-0.3, -0.25) is 10.00 Å². The van der Waals surface area contributed by atoms with Gasteiger partial charge in [-0.1, -0.05) is 26.0 Å². The zero-order chi connectivity index (χ0) is 32.2. The number of hydrogen-bond acceptors (Lipinski definition) is 8. The molecule has 0 radical (unpaired) electrons. The maximum atomic E-state index is 15.3. The van der Waals surface area contributed by atoms with E-state index in [2.05, 4.69) is 77.1 Å². The summed E-state index contributed by atoms with van der Waals surface area (Å²) >= 11 is 0. The number of aromatic nitrogens is 4. The lowest BCUT2D eigenvalue weighted by atomic mass is 9.72. The van der Waals surface area contributed by atoms with Crippen LogP contribution in [0, 0.1) is 5.82 Å². The highest BCUT2D eigenvalue weighted by Gasteiger charge is 2.49. The van der Waals surface area contributed by atoms with E-state index in [0.717, 1.165) is 43.8 Å². The number of anilines is 1. The van der Waals surface area contributed by atoms with Gasteiger partial charge in [-0.25, -0.2) is 4.39 Å². The first-order chi connectivity index (χ1) is 21.6. The Bertz CT molecular complexity index is 1530. The highest BCUT2D eigenvalue weighted by atomic mass is 19.1. The average molecular weight is 617 g/mol. The summed E-state index contributed by atoms with van der Waals surface area (Å²) in [6.07, 6.45) is 7.24. The van der Waals surface area contributed by atoms with Crippen LogP contribution in [0.25, 0.3) is 22.4 Å². The summed E-state index contributed by atoms with van der Waals surface area (Å²) in [6.45, 7) is 10.3. The molecule has 2 aromatic carbocycles. The molecule has 3 heterocycles. The smallest absolute Gasteiger partial charge is 0.188 e. The molecule has 0 saturated carbocycles. The highest BCUT2D eigenvalue weighted by molar-refractivity contribution is 5.75. The van der Waals surface area contributed by atoms with Crippen LogP contribution in [0.3, 0.4) is 0 Å². The molecule has 1 aliphatic rings. The van der Waals surface area contributed by atoms with Crippen LogP contribution in [0.5, 0.6) is 11.5 Å². The second-order valence-corrected chi connectivity index (χ2v) is 12.5. The average Bonchev–Trinajstić information content (AvgIpc) is 3.60. The minimum Gasteiger partial charge on any atom is -0.497 e. The van der Waals surface area contributed by atoms with E-state index in [4.69, 9.17) is 14.2 Å². The van der Waals surface area contributed by atoms with Crippen LogP contribution in [0.1, 0.15) is 58.9 Å². The van der Waals surface area contributed by atoms with Gasteiger partial charge >= 0.3 is 0 Å². The third kappa shape index (κ3) is 6.67. The van der Waals surface area contributed by atoms with Crippen molar-refractivity contribution in [2.45, 2.75) is 77.0 Å². The number of H-pyrrole nitrogens is 1. The number of ether oxygens (including phenoxy) is 3. The van der Waals surface area contributed by atoms with Crippen LogP contribution in [0.2, 0.25) is 0 Å². The second-order valence-electron chi connectivity index (χ2n) is 12.5. The van der Waals surface area contributed by atoms with Crippen molar-refractivity contribution in [2.24, 2.45) is 0 Å². The van der Waals surface area contributed by atoms with E-state index in [1.807, 2.05) is 24.3 Å². The first-order valence-electron chi connectivity index (χ1n) is 15.6. The maximum absolute atomic E-state index is 15.3. The summed E-state index contributed by atoms with van der Waals surface area (Å²) in [5, 5.41) is 15.8. The minimum atomic E-state index is -0.404. The lowest BCUT2D eigenvalue weighted by molar-refractivity contribution is -0.0659. The van der Waals surface area contributed by atoms with Crippen molar-refractivity contribution in [3.8, 4) is 33.9 Å². The molecule has 1 aliphatic heterocycles. The van der Waals surface area contributed by atoms with Crippen LogP contribution in [0.4, 0.5) is 10.2 Å². The van der Waals surface area contributed by atoms with Crippen molar-refractivity contribution in [1.82, 2.24) is 25.3 Å². The van der Waals surface area contributed by atoms with Gasteiger partial charge in [0.1, 0.15) is 17.3 Å². The third-order valence-electron chi connectivity index (χ3n) is 9.72. The van der Waals surface area contributed by atoms with Crippen molar-refractivity contribution in [1.29, 1.82) is 0 Å². The number of benzene rings is 2. The lowest BCUT2D eigenvalue weighted by Gasteiger charge is -2.59. The number of methoxy groups -OCH3 is 2. The largest absolute Gasteiger partial charge is 0.497 e. The molecule has 1 N–H and O–H groups in total. The fraction of sp³-hybridized carbons (Fsp3) is 0.457. The predicted octanol–water partition coefficient (Wildman–Crippen LogP) is 7.10. The molecule has 0 spiro atoms. The normalized spacial score (nSPS) is 21.9. The number of nitrogens with one attached hydrogen (secondary N) is 1. The van der Waals surface area contributed by atoms with Crippen molar-refractivity contribution >= 4 is 5.82 Å². The Morgan fingerprint density at radius 3 is 2.24 bits per heavy atom. The molecule has 0 aliphatic carbocycles. The van der Waals surface area contributed by atoms with E-state index in [1.165, 1.54) is 11.6 Å². The summed E-state index contributed by atoms with van der Waals surface area (Å²) in [7, 11) is 5.35. The third-order valence-corrected chi connectivity index (χ3v) is 9.72. The molecule has 0 unspecified atom stereocenters. The Balaban J connectivity index is 1.39. The molecule has 0 amide bonds. The Morgan fingerprint density at radius 2 is 1.69 bits per heavy atom. The van der Waals surface area contributed by atoms with Gasteiger partial charge in [0, 0.05) is 60.7 Å². The van der Waals surface area contributed by atoms with Gasteiger partial charge in [-0.15, -0.1) is 10.2 Å². The summed E-state index contributed by atoms with van der Waals surface area (Å²) in [5.74, 6) is 1.70. The van der Waals surface area contributed by atoms with Crippen LogP contribution in [-0.2, 0) is 11.3 Å². The number of halogens is 1. The number of likely N-dealkylation sites (tertiary alicyclic amines) is 1. The van der Waals surface area contributed by atoms with Crippen LogP contribution >= 0.6 is 0 Å². The molecule has 240 valence electrons. The summed E-state index contributed by atoms with van der Waals surface area (Å²) in [4.78, 5) is 4.97. The Kier molecular flexibility index (Phi) is 9.74. The van der Waals surface area contributed by atoms with E-state index in [0.29, 0.717) is 28.1 Å². The molecule has 4 aromatic rings. The van der Waals surface area contributed by atoms with Crippen LogP contribution in [0.15, 0.2) is 60.9 Å². The molecule has 3 atom stereocenters. The first kappa shape index (κ1) is 32.4. The van der Waals surface area contributed by atoms with E-state index >= 15 is 4.39 Å². The molecular formula is C35H45FN6O3. The number of nitrogens with zero attached hydrogens (tertiary/aromatic N) is 5. The van der Waals surface area contributed by atoms with Crippen molar-refractivity contribution in [3.05, 3.63) is 72.3 Å². The molecule has 9 nitrogen and oxygen atoms in total. The zero-order valence-corrected chi connectivity index (χ0v) is 27.4. The quantitative estimate of drug-likeness (QED) is 0.169.